The number of nitrogens with zero attached hydrogens (tertiary/aromatic N) is 4. The predicted molar refractivity (Wildman–Crippen MR) is 78.1 cm³/mol. The van der Waals surface area contributed by atoms with Gasteiger partial charge in [-0.3, -0.25) is 4.68 Å². The van der Waals surface area contributed by atoms with Gasteiger partial charge in [-0.25, -0.2) is 4.39 Å². The number of halogens is 1. The van der Waals surface area contributed by atoms with Crippen LogP contribution in [0.25, 0.3) is 11.3 Å². The number of hydrogen-bond donors (Lipinski definition) is 0. The Balaban J connectivity index is 2.03. The van der Waals surface area contributed by atoms with Crippen LogP contribution in [0, 0.1) is 12.7 Å². The zero-order valence-electron chi connectivity index (χ0n) is 11.9. The van der Waals surface area contributed by atoms with Gasteiger partial charge in [-0.05, 0) is 37.3 Å². The van der Waals surface area contributed by atoms with E-state index in [1.165, 1.54) is 29.2 Å². The molecule has 0 unspecified atom stereocenters. The summed E-state index contributed by atoms with van der Waals surface area (Å²) in [4.78, 5) is 0.101. The highest BCUT2D eigenvalue weighted by atomic mass is 32.2. The van der Waals surface area contributed by atoms with Gasteiger partial charge in [-0.1, -0.05) is 0 Å². The molecule has 3 rings (SSSR count). The summed E-state index contributed by atoms with van der Waals surface area (Å²) in [7, 11) is -2.14. The first kappa shape index (κ1) is 14.5. The van der Waals surface area contributed by atoms with Gasteiger partial charge in [0, 0.05) is 25.0 Å². The lowest BCUT2D eigenvalue weighted by Gasteiger charge is -2.02. The largest absolute Gasteiger partial charge is 0.286 e. The van der Waals surface area contributed by atoms with E-state index in [0.717, 1.165) is 4.09 Å². The molecule has 8 heteroatoms. The van der Waals surface area contributed by atoms with E-state index in [0.29, 0.717) is 17.0 Å². The van der Waals surface area contributed by atoms with Gasteiger partial charge >= 0.3 is 0 Å². The van der Waals surface area contributed by atoms with Gasteiger partial charge in [0.25, 0.3) is 10.0 Å². The molecule has 0 N–H and O–H groups in total. The number of rotatable bonds is 3. The molecule has 0 aliphatic heterocycles. The van der Waals surface area contributed by atoms with Crippen LogP contribution in [0.4, 0.5) is 4.39 Å². The second-order valence-electron chi connectivity index (χ2n) is 4.84. The molecule has 0 saturated heterocycles. The molecule has 0 aliphatic carbocycles. The average Bonchev–Trinajstić information content (AvgIpc) is 3.07. The summed E-state index contributed by atoms with van der Waals surface area (Å²) >= 11 is 0. The molecule has 2 heterocycles. The predicted octanol–water partition coefficient (Wildman–Crippen LogP) is 1.97. The van der Waals surface area contributed by atoms with E-state index in [1.54, 1.807) is 32.2 Å². The van der Waals surface area contributed by atoms with Crippen LogP contribution in [0.5, 0.6) is 0 Å². The second kappa shape index (κ2) is 5.06. The lowest BCUT2D eigenvalue weighted by Crippen LogP contribution is -2.14. The molecular formula is C14H13FN4O2S. The Morgan fingerprint density at radius 3 is 2.36 bits per heavy atom. The first-order valence-corrected chi connectivity index (χ1v) is 7.89. The van der Waals surface area contributed by atoms with E-state index >= 15 is 0 Å². The maximum atomic E-state index is 12.9. The molecule has 0 atom stereocenters. The van der Waals surface area contributed by atoms with Crippen molar-refractivity contribution in [2.75, 3.05) is 0 Å². The van der Waals surface area contributed by atoms with E-state index in [4.69, 9.17) is 0 Å². The number of benzene rings is 1. The van der Waals surface area contributed by atoms with Crippen molar-refractivity contribution in [3.63, 3.8) is 0 Å². The van der Waals surface area contributed by atoms with Crippen molar-refractivity contribution in [2.45, 2.75) is 11.8 Å². The fourth-order valence-corrected chi connectivity index (χ4v) is 3.47. The minimum atomic E-state index is -3.80. The molecule has 0 radical (unpaired) electrons. The average molecular weight is 320 g/mol. The summed E-state index contributed by atoms with van der Waals surface area (Å²) in [5.74, 6) is -0.359. The fourth-order valence-electron chi connectivity index (χ4n) is 2.15. The summed E-state index contributed by atoms with van der Waals surface area (Å²) in [6.07, 6.45) is 2.80. The number of aromatic nitrogens is 4. The molecule has 22 heavy (non-hydrogen) atoms. The first-order valence-electron chi connectivity index (χ1n) is 6.45. The number of hydrogen-bond acceptors (Lipinski definition) is 4. The molecule has 114 valence electrons. The quantitative estimate of drug-likeness (QED) is 0.740. The van der Waals surface area contributed by atoms with E-state index < -0.39 is 10.0 Å². The van der Waals surface area contributed by atoms with Crippen molar-refractivity contribution in [2.24, 2.45) is 7.05 Å². The minimum Gasteiger partial charge on any atom is -0.274 e. The van der Waals surface area contributed by atoms with Gasteiger partial charge in [-0.15, -0.1) is 0 Å². The smallest absolute Gasteiger partial charge is 0.274 e. The van der Waals surface area contributed by atoms with Gasteiger partial charge in [0.2, 0.25) is 0 Å². The first-order chi connectivity index (χ1) is 10.4. The van der Waals surface area contributed by atoms with Gasteiger partial charge in [-0.2, -0.15) is 22.7 Å². The normalized spacial score (nSPS) is 11.8. The Labute approximate surface area is 126 Å². The van der Waals surface area contributed by atoms with Crippen molar-refractivity contribution in [1.29, 1.82) is 0 Å². The molecular weight excluding hydrogens is 307 g/mol. The summed E-state index contributed by atoms with van der Waals surface area (Å²) < 4.78 is 40.4. The summed E-state index contributed by atoms with van der Waals surface area (Å²) in [6, 6.07) is 7.26. The highest BCUT2D eigenvalue weighted by Crippen LogP contribution is 2.21. The lowest BCUT2D eigenvalue weighted by atomic mass is 10.1. The van der Waals surface area contributed by atoms with Crippen LogP contribution >= 0.6 is 0 Å². The van der Waals surface area contributed by atoms with E-state index in [2.05, 4.69) is 10.2 Å². The highest BCUT2D eigenvalue weighted by molar-refractivity contribution is 7.89. The SMILES string of the molecule is Cc1nn(C)cc1S(=O)(=O)n1ccc(-c2ccc(F)cc2)n1. The Morgan fingerprint density at radius 2 is 1.77 bits per heavy atom. The van der Waals surface area contributed by atoms with Crippen molar-refractivity contribution < 1.29 is 12.8 Å². The van der Waals surface area contributed by atoms with Crippen LogP contribution in [-0.2, 0) is 17.1 Å². The van der Waals surface area contributed by atoms with Gasteiger partial charge in [0.1, 0.15) is 10.7 Å². The standard InChI is InChI=1S/C14H13FN4O2S/c1-10-14(9-18(2)16-10)22(20,21)19-8-7-13(17-19)11-3-5-12(15)6-4-11/h3-9H,1-2H3. The third kappa shape index (κ3) is 2.41. The van der Waals surface area contributed by atoms with Crippen LogP contribution in [0.2, 0.25) is 0 Å². The van der Waals surface area contributed by atoms with Crippen LogP contribution in [0.15, 0.2) is 47.6 Å². The van der Waals surface area contributed by atoms with Crippen LogP contribution in [-0.4, -0.2) is 27.4 Å². The zero-order chi connectivity index (χ0) is 15.9. The van der Waals surface area contributed by atoms with E-state index in [1.807, 2.05) is 0 Å². The lowest BCUT2D eigenvalue weighted by molar-refractivity contribution is 0.579. The van der Waals surface area contributed by atoms with Crippen LogP contribution in [0.1, 0.15) is 5.69 Å². The minimum absolute atomic E-state index is 0.101. The topological polar surface area (TPSA) is 69.8 Å². The molecule has 3 aromatic rings. The zero-order valence-corrected chi connectivity index (χ0v) is 12.7. The molecule has 6 nitrogen and oxygen atoms in total. The molecule has 0 bridgehead atoms. The monoisotopic (exact) mass is 320 g/mol. The van der Waals surface area contributed by atoms with Crippen molar-refractivity contribution in [1.82, 2.24) is 19.0 Å². The fraction of sp³-hybridized carbons (Fsp3) is 0.143. The Bertz CT molecular complexity index is 926. The maximum absolute atomic E-state index is 12.9. The summed E-state index contributed by atoms with van der Waals surface area (Å²) in [5, 5.41) is 8.11. The molecule has 0 spiro atoms. The van der Waals surface area contributed by atoms with Gasteiger partial charge in [0.05, 0.1) is 11.4 Å². The Kier molecular flexibility index (Phi) is 3.32. The highest BCUT2D eigenvalue weighted by Gasteiger charge is 2.23. The summed E-state index contributed by atoms with van der Waals surface area (Å²) in [6.45, 7) is 1.62. The van der Waals surface area contributed by atoms with Crippen LogP contribution in [0.3, 0.4) is 0 Å². The molecule has 0 saturated carbocycles. The summed E-state index contributed by atoms with van der Waals surface area (Å²) in [5.41, 5.74) is 1.49. The molecule has 0 aliphatic rings. The van der Waals surface area contributed by atoms with E-state index in [-0.39, 0.29) is 10.7 Å². The van der Waals surface area contributed by atoms with Crippen molar-refractivity contribution >= 4 is 10.0 Å². The molecule has 0 amide bonds. The van der Waals surface area contributed by atoms with E-state index in [9.17, 15) is 12.8 Å². The maximum Gasteiger partial charge on any atom is 0.286 e. The van der Waals surface area contributed by atoms with Crippen molar-refractivity contribution in [3.05, 3.63) is 54.2 Å². The molecule has 2 aromatic heterocycles. The third-order valence-corrected chi connectivity index (χ3v) is 4.85. The molecule has 1 aromatic carbocycles. The second-order valence-corrected chi connectivity index (χ2v) is 6.60. The van der Waals surface area contributed by atoms with Crippen molar-refractivity contribution in [3.8, 4) is 11.3 Å². The Morgan fingerprint density at radius 1 is 1.09 bits per heavy atom. The Hall–Kier alpha value is -2.48. The molecule has 0 fully saturated rings. The number of aryl methyl sites for hydroxylation is 2. The van der Waals surface area contributed by atoms with Gasteiger partial charge in [0.15, 0.2) is 0 Å². The van der Waals surface area contributed by atoms with Gasteiger partial charge < -0.3 is 0 Å². The van der Waals surface area contributed by atoms with Crippen LogP contribution < -0.4 is 0 Å². The third-order valence-electron chi connectivity index (χ3n) is 3.20.